The third kappa shape index (κ3) is 3.64. The monoisotopic (exact) mass is 167 g/mol. The molecule has 0 aromatic heterocycles. The molecule has 0 bridgehead atoms. The van der Waals surface area contributed by atoms with Crippen molar-refractivity contribution in [3.63, 3.8) is 0 Å². The Hall–Kier alpha value is -1.00. The molecule has 0 aliphatic carbocycles. The van der Waals surface area contributed by atoms with Crippen LogP contribution in [0.25, 0.3) is 0 Å². The molecule has 0 aliphatic heterocycles. The normalized spacial score (nSPS) is 13.0. The maximum atomic E-state index is 11.5. The summed E-state index contributed by atoms with van der Waals surface area (Å²) in [4.78, 5) is 10.2. The Balaban J connectivity index is 4.30. The summed E-state index contributed by atoms with van der Waals surface area (Å²) in [5.41, 5.74) is 0.187. The van der Waals surface area contributed by atoms with Gasteiger partial charge in [-0.05, 0) is 6.92 Å². The fraction of sp³-hybridized carbons (Fsp3) is 0.500. The SMILES string of the molecule is CNC(C)=CC(=O)C(F)(F)F. The van der Waals surface area contributed by atoms with Crippen molar-refractivity contribution in [2.24, 2.45) is 0 Å². The average molecular weight is 167 g/mol. The zero-order chi connectivity index (χ0) is 9.07. The Morgan fingerprint density at radius 1 is 1.45 bits per heavy atom. The van der Waals surface area contributed by atoms with E-state index in [1.54, 1.807) is 0 Å². The van der Waals surface area contributed by atoms with Gasteiger partial charge in [-0.25, -0.2) is 0 Å². The molecule has 0 rings (SSSR count). The molecule has 11 heavy (non-hydrogen) atoms. The quantitative estimate of drug-likeness (QED) is 0.627. The summed E-state index contributed by atoms with van der Waals surface area (Å²) in [5.74, 6) is -1.84. The highest BCUT2D eigenvalue weighted by molar-refractivity contribution is 5.94. The number of hydrogen-bond donors (Lipinski definition) is 1. The second kappa shape index (κ2) is 3.41. The first-order chi connectivity index (χ1) is 4.88. The first kappa shape index (κ1) is 10.0. The molecule has 0 fully saturated rings. The van der Waals surface area contributed by atoms with Crippen LogP contribution in [-0.4, -0.2) is 19.0 Å². The van der Waals surface area contributed by atoms with Gasteiger partial charge in [0.15, 0.2) is 0 Å². The lowest BCUT2D eigenvalue weighted by Crippen LogP contribution is -2.21. The van der Waals surface area contributed by atoms with E-state index >= 15 is 0 Å². The highest BCUT2D eigenvalue weighted by Gasteiger charge is 2.36. The smallest absolute Gasteiger partial charge is 0.392 e. The maximum Gasteiger partial charge on any atom is 0.454 e. The standard InChI is InChI=1S/C6H8F3NO/c1-4(10-2)3-5(11)6(7,8)9/h3,10H,1-2H3. The minimum absolute atomic E-state index is 0.187. The van der Waals surface area contributed by atoms with E-state index in [1.165, 1.54) is 14.0 Å². The molecule has 0 saturated heterocycles. The molecule has 5 heteroatoms. The minimum Gasteiger partial charge on any atom is -0.392 e. The topological polar surface area (TPSA) is 29.1 Å². The van der Waals surface area contributed by atoms with Gasteiger partial charge in [-0.15, -0.1) is 0 Å². The van der Waals surface area contributed by atoms with E-state index < -0.39 is 12.0 Å². The summed E-state index contributed by atoms with van der Waals surface area (Å²) in [7, 11) is 1.44. The molecule has 0 aromatic rings. The molecule has 0 aromatic carbocycles. The van der Waals surface area contributed by atoms with Gasteiger partial charge < -0.3 is 5.32 Å². The van der Waals surface area contributed by atoms with Crippen molar-refractivity contribution in [1.82, 2.24) is 5.32 Å². The first-order valence-electron chi connectivity index (χ1n) is 2.85. The van der Waals surface area contributed by atoms with Gasteiger partial charge in [0.2, 0.25) is 0 Å². The van der Waals surface area contributed by atoms with E-state index in [0.29, 0.717) is 6.08 Å². The van der Waals surface area contributed by atoms with Crippen molar-refractivity contribution < 1.29 is 18.0 Å². The van der Waals surface area contributed by atoms with Crippen molar-refractivity contribution in [2.45, 2.75) is 13.1 Å². The Morgan fingerprint density at radius 2 is 1.91 bits per heavy atom. The zero-order valence-corrected chi connectivity index (χ0v) is 6.12. The van der Waals surface area contributed by atoms with Gasteiger partial charge in [-0.3, -0.25) is 4.79 Å². The van der Waals surface area contributed by atoms with Gasteiger partial charge in [0, 0.05) is 18.8 Å². The lowest BCUT2D eigenvalue weighted by molar-refractivity contribution is -0.165. The van der Waals surface area contributed by atoms with Crippen LogP contribution in [0, 0.1) is 0 Å². The van der Waals surface area contributed by atoms with Gasteiger partial charge in [0.1, 0.15) is 0 Å². The lowest BCUT2D eigenvalue weighted by atomic mass is 10.3. The molecular weight excluding hydrogens is 159 g/mol. The molecule has 0 heterocycles. The molecule has 0 amide bonds. The van der Waals surface area contributed by atoms with Crippen LogP contribution in [0.3, 0.4) is 0 Å². The second-order valence-electron chi connectivity index (χ2n) is 1.94. The summed E-state index contributed by atoms with van der Waals surface area (Å²) in [6.45, 7) is 1.38. The molecule has 64 valence electrons. The first-order valence-corrected chi connectivity index (χ1v) is 2.85. The molecular formula is C6H8F3NO. The second-order valence-corrected chi connectivity index (χ2v) is 1.94. The summed E-state index contributed by atoms with van der Waals surface area (Å²) in [6, 6.07) is 0. The average Bonchev–Trinajstić information content (AvgIpc) is 1.85. The fourth-order valence-corrected chi connectivity index (χ4v) is 0.351. The molecule has 0 unspecified atom stereocenters. The molecule has 0 saturated carbocycles. The van der Waals surface area contributed by atoms with Crippen molar-refractivity contribution in [3.8, 4) is 0 Å². The van der Waals surface area contributed by atoms with Crippen molar-refractivity contribution in [3.05, 3.63) is 11.8 Å². The number of rotatable bonds is 2. The van der Waals surface area contributed by atoms with Gasteiger partial charge in [0.25, 0.3) is 5.78 Å². The van der Waals surface area contributed by atoms with Crippen LogP contribution < -0.4 is 5.32 Å². The van der Waals surface area contributed by atoms with Crippen LogP contribution in [0.5, 0.6) is 0 Å². The molecule has 0 atom stereocenters. The number of hydrogen-bond acceptors (Lipinski definition) is 2. The van der Waals surface area contributed by atoms with Crippen LogP contribution in [0.1, 0.15) is 6.92 Å². The van der Waals surface area contributed by atoms with Crippen molar-refractivity contribution in [1.29, 1.82) is 0 Å². The van der Waals surface area contributed by atoms with Crippen LogP contribution in [-0.2, 0) is 4.79 Å². The van der Waals surface area contributed by atoms with Gasteiger partial charge >= 0.3 is 6.18 Å². The Morgan fingerprint density at radius 3 is 2.18 bits per heavy atom. The van der Waals surface area contributed by atoms with Gasteiger partial charge in [-0.1, -0.05) is 0 Å². The summed E-state index contributed by atoms with van der Waals surface area (Å²) in [6.07, 6.45) is -4.25. The van der Waals surface area contributed by atoms with E-state index in [1.807, 2.05) is 0 Å². The molecule has 0 radical (unpaired) electrons. The van der Waals surface area contributed by atoms with Gasteiger partial charge in [-0.2, -0.15) is 13.2 Å². The highest BCUT2D eigenvalue weighted by atomic mass is 19.4. The molecule has 0 aliphatic rings. The lowest BCUT2D eigenvalue weighted by Gasteiger charge is -2.01. The highest BCUT2D eigenvalue weighted by Crippen LogP contribution is 2.16. The number of carbonyl (C=O) groups excluding carboxylic acids is 1. The number of halogens is 3. The number of carbonyl (C=O) groups is 1. The predicted molar refractivity (Wildman–Crippen MR) is 33.9 cm³/mol. The van der Waals surface area contributed by atoms with E-state index in [9.17, 15) is 18.0 Å². The minimum atomic E-state index is -4.77. The van der Waals surface area contributed by atoms with Crippen molar-refractivity contribution >= 4 is 5.78 Å². The fourth-order valence-electron chi connectivity index (χ4n) is 0.351. The number of alkyl halides is 3. The largest absolute Gasteiger partial charge is 0.454 e. The van der Waals surface area contributed by atoms with E-state index in [4.69, 9.17) is 0 Å². The Labute approximate surface area is 62.1 Å². The molecule has 0 spiro atoms. The summed E-state index contributed by atoms with van der Waals surface area (Å²) in [5, 5.41) is 2.41. The van der Waals surface area contributed by atoms with Gasteiger partial charge in [0.05, 0.1) is 0 Å². The third-order valence-corrected chi connectivity index (χ3v) is 1.02. The zero-order valence-electron chi connectivity index (χ0n) is 6.12. The maximum absolute atomic E-state index is 11.5. The third-order valence-electron chi connectivity index (χ3n) is 1.02. The molecule has 1 N–H and O–H groups in total. The van der Waals surface area contributed by atoms with E-state index in [0.717, 1.165) is 0 Å². The van der Waals surface area contributed by atoms with E-state index in [-0.39, 0.29) is 5.70 Å². The van der Waals surface area contributed by atoms with E-state index in [2.05, 4.69) is 5.32 Å². The Bertz CT molecular complexity index is 183. The number of nitrogens with one attached hydrogen (secondary N) is 1. The number of allylic oxidation sites excluding steroid dienone is 2. The van der Waals surface area contributed by atoms with Crippen LogP contribution in [0.15, 0.2) is 11.8 Å². The van der Waals surface area contributed by atoms with Crippen LogP contribution >= 0.6 is 0 Å². The molecule has 2 nitrogen and oxygen atoms in total. The predicted octanol–water partition coefficient (Wildman–Crippen LogP) is 1.24. The summed E-state index contributed by atoms with van der Waals surface area (Å²) < 4.78 is 34.6. The van der Waals surface area contributed by atoms with Crippen molar-refractivity contribution in [2.75, 3.05) is 7.05 Å². The van der Waals surface area contributed by atoms with Crippen LogP contribution in [0.4, 0.5) is 13.2 Å². The number of ketones is 1. The Kier molecular flexibility index (Phi) is 3.10. The van der Waals surface area contributed by atoms with Crippen LogP contribution in [0.2, 0.25) is 0 Å². The summed E-state index contributed by atoms with van der Waals surface area (Å²) >= 11 is 0.